The lowest BCUT2D eigenvalue weighted by Crippen LogP contribution is -2.27. The molecule has 4 nitrogen and oxygen atoms in total. The second kappa shape index (κ2) is 7.23. The number of sulfonamides is 1. The van der Waals surface area contributed by atoms with Gasteiger partial charge in [-0.3, -0.25) is 4.98 Å². The molecular formula is C15H12F6N2O2S. The molecule has 1 aromatic carbocycles. The van der Waals surface area contributed by atoms with Gasteiger partial charge in [0.25, 0.3) is 0 Å². The van der Waals surface area contributed by atoms with Gasteiger partial charge in [-0.25, -0.2) is 13.1 Å². The predicted octanol–water partition coefficient (Wildman–Crippen LogP) is 3.64. The van der Waals surface area contributed by atoms with Gasteiger partial charge in [-0.05, 0) is 42.3 Å². The summed E-state index contributed by atoms with van der Waals surface area (Å²) in [7, 11) is -4.56. The Morgan fingerprint density at radius 3 is 1.85 bits per heavy atom. The van der Waals surface area contributed by atoms with Crippen molar-refractivity contribution in [2.45, 2.75) is 23.7 Å². The summed E-state index contributed by atoms with van der Waals surface area (Å²) in [4.78, 5) is 2.66. The highest BCUT2D eigenvalue weighted by atomic mass is 32.2. The summed E-state index contributed by atoms with van der Waals surface area (Å²) in [5, 5.41) is 0. The number of aromatic nitrogens is 1. The van der Waals surface area contributed by atoms with Crippen LogP contribution in [-0.4, -0.2) is 19.9 Å². The van der Waals surface area contributed by atoms with E-state index in [2.05, 4.69) is 4.98 Å². The molecule has 0 aliphatic heterocycles. The van der Waals surface area contributed by atoms with Crippen molar-refractivity contribution in [3.8, 4) is 0 Å². The SMILES string of the molecule is O=S(=O)(NCCc1ccncc1)c1cc(C(F)(F)F)cc(C(F)(F)F)c1. The number of hydrogen-bond donors (Lipinski definition) is 1. The van der Waals surface area contributed by atoms with Gasteiger partial charge in [-0.1, -0.05) is 0 Å². The van der Waals surface area contributed by atoms with E-state index >= 15 is 0 Å². The van der Waals surface area contributed by atoms with Gasteiger partial charge in [0.2, 0.25) is 10.0 Å². The first-order valence-corrected chi connectivity index (χ1v) is 8.56. The molecule has 2 aromatic rings. The molecule has 0 bridgehead atoms. The summed E-state index contributed by atoms with van der Waals surface area (Å²) in [5.74, 6) is 0. The molecule has 0 spiro atoms. The van der Waals surface area contributed by atoms with Crippen molar-refractivity contribution in [2.75, 3.05) is 6.54 Å². The van der Waals surface area contributed by atoms with E-state index in [4.69, 9.17) is 0 Å². The molecule has 0 saturated heterocycles. The third-order valence-corrected chi connectivity index (χ3v) is 4.77. The Labute approximate surface area is 144 Å². The van der Waals surface area contributed by atoms with Gasteiger partial charge in [0.1, 0.15) is 0 Å². The molecule has 1 aromatic heterocycles. The topological polar surface area (TPSA) is 59.1 Å². The smallest absolute Gasteiger partial charge is 0.265 e. The van der Waals surface area contributed by atoms with Crippen molar-refractivity contribution in [1.29, 1.82) is 0 Å². The highest BCUT2D eigenvalue weighted by Crippen LogP contribution is 2.37. The zero-order valence-corrected chi connectivity index (χ0v) is 13.7. The van der Waals surface area contributed by atoms with Gasteiger partial charge in [0.05, 0.1) is 16.0 Å². The summed E-state index contributed by atoms with van der Waals surface area (Å²) in [6, 6.07) is 3.41. The average Bonchev–Trinajstić information content (AvgIpc) is 2.53. The summed E-state index contributed by atoms with van der Waals surface area (Å²) >= 11 is 0. The molecular weight excluding hydrogens is 386 g/mol. The first-order chi connectivity index (χ1) is 11.9. The van der Waals surface area contributed by atoms with Crippen LogP contribution in [-0.2, 0) is 28.8 Å². The molecule has 11 heteroatoms. The maximum absolute atomic E-state index is 12.8. The molecule has 0 aliphatic carbocycles. The van der Waals surface area contributed by atoms with Crippen molar-refractivity contribution in [1.82, 2.24) is 9.71 Å². The number of pyridine rings is 1. The Kier molecular flexibility index (Phi) is 5.61. The maximum Gasteiger partial charge on any atom is 0.416 e. The first-order valence-electron chi connectivity index (χ1n) is 7.08. The minimum atomic E-state index is -5.12. The fourth-order valence-electron chi connectivity index (χ4n) is 2.04. The molecule has 0 unspecified atom stereocenters. The Morgan fingerprint density at radius 2 is 1.38 bits per heavy atom. The van der Waals surface area contributed by atoms with Crippen LogP contribution in [0.1, 0.15) is 16.7 Å². The zero-order valence-electron chi connectivity index (χ0n) is 12.9. The van der Waals surface area contributed by atoms with Crippen molar-refractivity contribution in [3.05, 3.63) is 59.4 Å². The quantitative estimate of drug-likeness (QED) is 0.783. The number of nitrogens with one attached hydrogen (secondary N) is 1. The lowest BCUT2D eigenvalue weighted by molar-refractivity contribution is -0.143. The predicted molar refractivity (Wildman–Crippen MR) is 79.6 cm³/mol. The van der Waals surface area contributed by atoms with Crippen molar-refractivity contribution >= 4 is 10.0 Å². The Bertz CT molecular complexity index is 832. The fraction of sp³-hybridized carbons (Fsp3) is 0.267. The van der Waals surface area contributed by atoms with Crippen molar-refractivity contribution in [3.63, 3.8) is 0 Å². The highest BCUT2D eigenvalue weighted by Gasteiger charge is 2.38. The minimum Gasteiger partial charge on any atom is -0.265 e. The molecule has 0 fully saturated rings. The number of benzene rings is 1. The molecule has 0 atom stereocenters. The van der Waals surface area contributed by atoms with Gasteiger partial charge in [0.15, 0.2) is 0 Å². The van der Waals surface area contributed by atoms with E-state index in [9.17, 15) is 34.8 Å². The molecule has 0 amide bonds. The molecule has 0 radical (unpaired) electrons. The molecule has 2 rings (SSSR count). The van der Waals surface area contributed by atoms with E-state index in [0.29, 0.717) is 5.56 Å². The third kappa shape index (κ3) is 5.18. The van der Waals surface area contributed by atoms with Crippen LogP contribution in [0.5, 0.6) is 0 Å². The fourth-order valence-corrected chi connectivity index (χ4v) is 3.15. The third-order valence-electron chi connectivity index (χ3n) is 3.33. The zero-order chi connectivity index (χ0) is 19.6. The lowest BCUT2D eigenvalue weighted by Gasteiger charge is -2.14. The maximum atomic E-state index is 12.8. The number of halogens is 6. The molecule has 0 saturated carbocycles. The number of rotatable bonds is 5. The van der Waals surface area contributed by atoms with E-state index in [1.165, 1.54) is 12.4 Å². The summed E-state index contributed by atoms with van der Waals surface area (Å²) in [6.45, 7) is -0.204. The van der Waals surface area contributed by atoms with E-state index in [0.717, 1.165) is 0 Å². The summed E-state index contributed by atoms with van der Waals surface area (Å²) in [6.07, 6.45) is -7.13. The average molecular weight is 398 g/mol. The van der Waals surface area contributed by atoms with E-state index in [1.807, 2.05) is 4.72 Å². The van der Waals surface area contributed by atoms with Gasteiger partial charge >= 0.3 is 12.4 Å². The Hall–Kier alpha value is -2.14. The number of nitrogens with zero attached hydrogens (tertiary/aromatic N) is 1. The second-order valence-electron chi connectivity index (χ2n) is 5.24. The van der Waals surface area contributed by atoms with Crippen LogP contribution in [0.3, 0.4) is 0 Å². The van der Waals surface area contributed by atoms with Gasteiger partial charge in [-0.15, -0.1) is 0 Å². The molecule has 26 heavy (non-hydrogen) atoms. The summed E-state index contributed by atoms with van der Waals surface area (Å²) < 4.78 is 103. The van der Waals surface area contributed by atoms with Gasteiger partial charge < -0.3 is 0 Å². The largest absolute Gasteiger partial charge is 0.416 e. The normalized spacial score (nSPS) is 13.0. The van der Waals surface area contributed by atoms with Crippen LogP contribution < -0.4 is 4.72 Å². The van der Waals surface area contributed by atoms with Crippen molar-refractivity contribution in [2.24, 2.45) is 0 Å². The standard InChI is InChI=1S/C15H12F6N2O2S/c16-14(17,18)11-7-12(15(19,20)21)9-13(8-11)26(24,25)23-6-3-10-1-4-22-5-2-10/h1-2,4-5,7-9,23H,3,6H2. The molecule has 142 valence electrons. The van der Waals surface area contributed by atoms with Crippen LogP contribution in [0.25, 0.3) is 0 Å². The van der Waals surface area contributed by atoms with Crippen LogP contribution in [0.2, 0.25) is 0 Å². The van der Waals surface area contributed by atoms with Crippen LogP contribution in [0.4, 0.5) is 26.3 Å². The molecule has 1 N–H and O–H groups in total. The highest BCUT2D eigenvalue weighted by molar-refractivity contribution is 7.89. The summed E-state index contributed by atoms with van der Waals surface area (Å²) in [5.41, 5.74) is -2.69. The lowest BCUT2D eigenvalue weighted by atomic mass is 10.1. The minimum absolute atomic E-state index is 0.129. The second-order valence-corrected chi connectivity index (χ2v) is 7.01. The van der Waals surface area contributed by atoms with E-state index < -0.39 is 38.4 Å². The Morgan fingerprint density at radius 1 is 0.885 bits per heavy atom. The molecule has 0 aliphatic rings. The number of hydrogen-bond acceptors (Lipinski definition) is 3. The van der Waals surface area contributed by atoms with Crippen molar-refractivity contribution < 1.29 is 34.8 Å². The monoisotopic (exact) mass is 398 g/mol. The van der Waals surface area contributed by atoms with Gasteiger partial charge in [-0.2, -0.15) is 26.3 Å². The van der Waals surface area contributed by atoms with Crippen LogP contribution in [0.15, 0.2) is 47.6 Å². The van der Waals surface area contributed by atoms with Crippen LogP contribution >= 0.6 is 0 Å². The molecule has 1 heterocycles. The van der Waals surface area contributed by atoms with Gasteiger partial charge in [0, 0.05) is 18.9 Å². The Balaban J connectivity index is 2.29. The van der Waals surface area contributed by atoms with E-state index in [-0.39, 0.29) is 31.2 Å². The first kappa shape index (κ1) is 20.2. The number of alkyl halides is 6. The van der Waals surface area contributed by atoms with Crippen LogP contribution in [0, 0.1) is 0 Å². The van der Waals surface area contributed by atoms with E-state index in [1.54, 1.807) is 12.1 Å².